The fourth-order valence-corrected chi connectivity index (χ4v) is 2.66. The Balaban J connectivity index is 1.72. The summed E-state index contributed by atoms with van der Waals surface area (Å²) in [5, 5.41) is 15.7. The zero-order valence-electron chi connectivity index (χ0n) is 12.4. The van der Waals surface area contributed by atoms with E-state index < -0.39 is 6.10 Å². The molecule has 0 aromatic heterocycles. The normalized spacial score (nSPS) is 23.2. The van der Waals surface area contributed by atoms with E-state index in [0.29, 0.717) is 55.7 Å². The lowest BCUT2D eigenvalue weighted by Crippen LogP contribution is -2.34. The van der Waals surface area contributed by atoms with E-state index in [2.05, 4.69) is 10.6 Å². The molecule has 0 saturated carbocycles. The molecule has 0 radical (unpaired) electrons. The highest BCUT2D eigenvalue weighted by Crippen LogP contribution is 2.40. The molecule has 7 nitrogen and oxygen atoms in total. The van der Waals surface area contributed by atoms with Gasteiger partial charge in [-0.05, 0) is 12.1 Å². The van der Waals surface area contributed by atoms with Gasteiger partial charge in [-0.25, -0.2) is 0 Å². The summed E-state index contributed by atoms with van der Waals surface area (Å²) in [5.74, 6) is 1.32. The van der Waals surface area contributed by atoms with Gasteiger partial charge in [0.1, 0.15) is 13.2 Å². The van der Waals surface area contributed by atoms with Gasteiger partial charge in [0, 0.05) is 31.1 Å². The number of methoxy groups -OCH3 is 1. The quantitative estimate of drug-likeness (QED) is 0.712. The Kier molecular flexibility index (Phi) is 4.35. The lowest BCUT2D eigenvalue weighted by Gasteiger charge is -2.21. The Morgan fingerprint density at radius 3 is 2.95 bits per heavy atom. The lowest BCUT2D eigenvalue weighted by atomic mass is 10.1. The van der Waals surface area contributed by atoms with Gasteiger partial charge in [0.05, 0.1) is 13.2 Å². The van der Waals surface area contributed by atoms with E-state index in [9.17, 15) is 9.90 Å². The number of hydrogen-bond acceptors (Lipinski definition) is 6. The smallest absolute Gasteiger partial charge is 0.251 e. The van der Waals surface area contributed by atoms with E-state index in [1.807, 2.05) is 0 Å². The molecule has 1 fully saturated rings. The number of aliphatic hydroxyl groups excluding tert-OH is 1. The van der Waals surface area contributed by atoms with Crippen molar-refractivity contribution in [3.63, 3.8) is 0 Å². The van der Waals surface area contributed by atoms with Crippen LogP contribution in [0, 0.1) is 5.92 Å². The minimum atomic E-state index is -0.421. The van der Waals surface area contributed by atoms with Crippen LogP contribution in [0.25, 0.3) is 0 Å². The zero-order chi connectivity index (χ0) is 15.5. The van der Waals surface area contributed by atoms with E-state index in [1.165, 1.54) is 7.11 Å². The number of hydrogen-bond donors (Lipinski definition) is 3. The van der Waals surface area contributed by atoms with Crippen LogP contribution >= 0.6 is 0 Å². The van der Waals surface area contributed by atoms with E-state index in [4.69, 9.17) is 14.2 Å². The first-order chi connectivity index (χ1) is 10.7. The van der Waals surface area contributed by atoms with Gasteiger partial charge < -0.3 is 30.0 Å². The zero-order valence-corrected chi connectivity index (χ0v) is 12.4. The van der Waals surface area contributed by atoms with Gasteiger partial charge in [0.2, 0.25) is 5.75 Å². The monoisotopic (exact) mass is 308 g/mol. The molecular formula is C15H20N2O5. The molecule has 2 aliphatic rings. The first-order valence-corrected chi connectivity index (χ1v) is 7.33. The number of benzene rings is 1. The van der Waals surface area contributed by atoms with Gasteiger partial charge >= 0.3 is 0 Å². The van der Waals surface area contributed by atoms with Crippen molar-refractivity contribution in [1.29, 1.82) is 0 Å². The molecule has 1 amide bonds. The fourth-order valence-electron chi connectivity index (χ4n) is 2.66. The summed E-state index contributed by atoms with van der Waals surface area (Å²) < 4.78 is 16.3. The van der Waals surface area contributed by atoms with Crippen LogP contribution in [0.1, 0.15) is 10.4 Å². The average Bonchev–Trinajstić information content (AvgIpc) is 2.96. The molecule has 0 bridgehead atoms. The number of β-amino-alcohol motifs (C(OH)–C–C–N with tert-alkyl or cyclic N) is 1. The molecule has 120 valence electrons. The number of amides is 1. The van der Waals surface area contributed by atoms with Crippen molar-refractivity contribution in [2.24, 2.45) is 5.92 Å². The Labute approximate surface area is 128 Å². The molecule has 2 atom stereocenters. The molecule has 0 spiro atoms. The summed E-state index contributed by atoms with van der Waals surface area (Å²) in [7, 11) is 1.52. The molecule has 1 saturated heterocycles. The van der Waals surface area contributed by atoms with E-state index in [1.54, 1.807) is 12.1 Å². The van der Waals surface area contributed by atoms with Gasteiger partial charge in [0.25, 0.3) is 5.91 Å². The molecule has 0 aliphatic carbocycles. The summed E-state index contributed by atoms with van der Waals surface area (Å²) in [4.78, 5) is 12.3. The summed E-state index contributed by atoms with van der Waals surface area (Å²) >= 11 is 0. The van der Waals surface area contributed by atoms with Crippen LogP contribution in [0.5, 0.6) is 17.2 Å². The Bertz CT molecular complexity index is 546. The highest BCUT2D eigenvalue weighted by Gasteiger charge is 2.26. The molecule has 3 rings (SSSR count). The van der Waals surface area contributed by atoms with Crippen LogP contribution in [0.4, 0.5) is 0 Å². The van der Waals surface area contributed by atoms with Crippen molar-refractivity contribution >= 4 is 5.91 Å². The molecule has 3 N–H and O–H groups in total. The second-order valence-electron chi connectivity index (χ2n) is 5.40. The van der Waals surface area contributed by atoms with Crippen molar-refractivity contribution in [3.05, 3.63) is 17.7 Å². The SMILES string of the molecule is COc1cc(C(=O)NCC2CNCC2O)cc2c1OCCO2. The highest BCUT2D eigenvalue weighted by atomic mass is 16.6. The van der Waals surface area contributed by atoms with Crippen LogP contribution in [0.15, 0.2) is 12.1 Å². The number of aliphatic hydroxyl groups is 1. The molecular weight excluding hydrogens is 288 g/mol. The van der Waals surface area contributed by atoms with Crippen molar-refractivity contribution < 1.29 is 24.1 Å². The van der Waals surface area contributed by atoms with Crippen molar-refractivity contribution in [2.45, 2.75) is 6.10 Å². The minimum absolute atomic E-state index is 0.0306. The Hall–Kier alpha value is -1.99. The third-order valence-corrected chi connectivity index (χ3v) is 3.92. The van der Waals surface area contributed by atoms with Crippen LogP contribution in [0.3, 0.4) is 0 Å². The van der Waals surface area contributed by atoms with Crippen LogP contribution in [-0.2, 0) is 0 Å². The first kappa shape index (κ1) is 14.9. The molecule has 22 heavy (non-hydrogen) atoms. The van der Waals surface area contributed by atoms with Gasteiger partial charge in [-0.15, -0.1) is 0 Å². The van der Waals surface area contributed by atoms with Crippen molar-refractivity contribution in [2.75, 3.05) is 40.0 Å². The highest BCUT2D eigenvalue weighted by molar-refractivity contribution is 5.95. The molecule has 1 aromatic rings. The predicted molar refractivity (Wildman–Crippen MR) is 78.7 cm³/mol. The van der Waals surface area contributed by atoms with Crippen LogP contribution in [-0.4, -0.2) is 57.1 Å². The van der Waals surface area contributed by atoms with Crippen LogP contribution < -0.4 is 24.8 Å². The summed E-state index contributed by atoms with van der Waals surface area (Å²) in [6, 6.07) is 3.28. The fraction of sp³-hybridized carbons (Fsp3) is 0.533. The Morgan fingerprint density at radius 1 is 1.41 bits per heavy atom. The first-order valence-electron chi connectivity index (χ1n) is 7.33. The average molecular weight is 308 g/mol. The van der Waals surface area contributed by atoms with Gasteiger partial charge in [0.15, 0.2) is 11.5 Å². The summed E-state index contributed by atoms with van der Waals surface area (Å²) in [6.07, 6.45) is -0.421. The maximum Gasteiger partial charge on any atom is 0.251 e. The Morgan fingerprint density at radius 2 is 2.23 bits per heavy atom. The largest absolute Gasteiger partial charge is 0.493 e. The number of ether oxygens (including phenoxy) is 3. The molecule has 2 unspecified atom stereocenters. The van der Waals surface area contributed by atoms with Crippen LogP contribution in [0.2, 0.25) is 0 Å². The van der Waals surface area contributed by atoms with Gasteiger partial charge in [-0.2, -0.15) is 0 Å². The van der Waals surface area contributed by atoms with E-state index in [-0.39, 0.29) is 11.8 Å². The summed E-state index contributed by atoms with van der Waals surface area (Å²) in [5.41, 5.74) is 0.446. The van der Waals surface area contributed by atoms with Crippen molar-refractivity contribution in [3.8, 4) is 17.2 Å². The minimum Gasteiger partial charge on any atom is -0.493 e. The predicted octanol–water partition coefficient (Wildman–Crippen LogP) is -0.223. The third kappa shape index (κ3) is 2.95. The maximum atomic E-state index is 12.3. The lowest BCUT2D eigenvalue weighted by molar-refractivity contribution is 0.0925. The standard InChI is InChI=1S/C15H20N2O5/c1-20-12-4-9(5-13-14(12)22-3-2-21-13)15(19)17-7-10-6-16-8-11(10)18/h4-5,10-11,16,18H,2-3,6-8H2,1H3,(H,17,19). The molecule has 2 aliphatic heterocycles. The summed E-state index contributed by atoms with van der Waals surface area (Å²) in [6.45, 7) is 2.59. The number of rotatable bonds is 4. The number of carbonyl (C=O) groups excluding carboxylic acids is 1. The van der Waals surface area contributed by atoms with Gasteiger partial charge in [-0.3, -0.25) is 4.79 Å². The maximum absolute atomic E-state index is 12.3. The van der Waals surface area contributed by atoms with Crippen molar-refractivity contribution in [1.82, 2.24) is 10.6 Å². The molecule has 7 heteroatoms. The molecule has 1 aromatic carbocycles. The van der Waals surface area contributed by atoms with E-state index >= 15 is 0 Å². The van der Waals surface area contributed by atoms with Gasteiger partial charge in [-0.1, -0.05) is 0 Å². The molecule has 2 heterocycles. The number of nitrogens with one attached hydrogen (secondary N) is 2. The number of fused-ring (bicyclic) bond motifs is 1. The van der Waals surface area contributed by atoms with E-state index in [0.717, 1.165) is 0 Å². The topological polar surface area (TPSA) is 89.1 Å². The second kappa shape index (κ2) is 6.41. The number of carbonyl (C=O) groups is 1. The third-order valence-electron chi connectivity index (χ3n) is 3.92. The second-order valence-corrected chi connectivity index (χ2v) is 5.40.